The van der Waals surface area contributed by atoms with E-state index in [1.807, 2.05) is 6.92 Å². The first-order valence-corrected chi connectivity index (χ1v) is 6.01. The fourth-order valence-electron chi connectivity index (χ4n) is 1.51. The van der Waals surface area contributed by atoms with Crippen molar-refractivity contribution in [3.05, 3.63) is 12.2 Å². The van der Waals surface area contributed by atoms with Crippen molar-refractivity contribution in [2.75, 3.05) is 0 Å². The third-order valence-corrected chi connectivity index (χ3v) is 2.62. The predicted molar refractivity (Wildman–Crippen MR) is 65.1 cm³/mol. The minimum Gasteiger partial charge on any atom is -0.352 e. The molecule has 0 aliphatic rings. The Morgan fingerprint density at radius 1 is 1.53 bits per heavy atom. The summed E-state index contributed by atoms with van der Waals surface area (Å²) < 4.78 is 1.51. The summed E-state index contributed by atoms with van der Waals surface area (Å²) in [6, 6.07) is 0.0252. The molecule has 1 aromatic rings. The summed E-state index contributed by atoms with van der Waals surface area (Å²) in [6.45, 7) is 6.11. The molecule has 0 aliphatic carbocycles. The maximum absolute atomic E-state index is 11.7. The van der Waals surface area contributed by atoms with Crippen LogP contribution in [-0.2, 0) is 11.3 Å². The van der Waals surface area contributed by atoms with Gasteiger partial charge in [0.15, 0.2) is 5.82 Å². The van der Waals surface area contributed by atoms with Gasteiger partial charge in [-0.25, -0.2) is 9.67 Å². The van der Waals surface area contributed by atoms with Crippen LogP contribution >= 0.6 is 0 Å². The second-order valence-electron chi connectivity index (χ2n) is 4.17. The van der Waals surface area contributed by atoms with E-state index in [4.69, 9.17) is 5.73 Å². The zero-order valence-electron chi connectivity index (χ0n) is 10.7. The number of carbonyl (C=O) groups is 1. The second kappa shape index (κ2) is 6.34. The van der Waals surface area contributed by atoms with E-state index in [-0.39, 0.29) is 24.5 Å². The first-order chi connectivity index (χ1) is 8.06. The highest BCUT2D eigenvalue weighted by molar-refractivity contribution is 5.75. The van der Waals surface area contributed by atoms with Crippen LogP contribution in [0.1, 0.15) is 45.5 Å². The van der Waals surface area contributed by atoms with Crippen molar-refractivity contribution in [1.29, 1.82) is 0 Å². The molecule has 17 heavy (non-hydrogen) atoms. The molecule has 1 heterocycles. The third kappa shape index (κ3) is 4.14. The Morgan fingerprint density at radius 3 is 2.65 bits per heavy atom. The Hall–Kier alpha value is -1.43. The lowest BCUT2D eigenvalue weighted by Crippen LogP contribution is -2.36. The number of carbonyl (C=O) groups excluding carboxylic acids is 1. The van der Waals surface area contributed by atoms with E-state index in [9.17, 15) is 4.79 Å². The van der Waals surface area contributed by atoms with Gasteiger partial charge < -0.3 is 11.1 Å². The largest absolute Gasteiger partial charge is 0.352 e. The summed E-state index contributed by atoms with van der Waals surface area (Å²) in [6.07, 6.45) is 3.40. The lowest BCUT2D eigenvalue weighted by Gasteiger charge is -2.14. The summed E-state index contributed by atoms with van der Waals surface area (Å²) >= 11 is 0. The molecule has 0 bridgehead atoms. The number of nitrogens with one attached hydrogen (secondary N) is 1. The first-order valence-electron chi connectivity index (χ1n) is 6.01. The van der Waals surface area contributed by atoms with Crippen LogP contribution in [0.2, 0.25) is 0 Å². The number of aromatic nitrogens is 3. The van der Waals surface area contributed by atoms with E-state index in [0.29, 0.717) is 5.82 Å². The molecule has 1 unspecified atom stereocenters. The SMILES string of the molecule is CCC(CC)NC(=O)Cn1cnc(C(C)N)n1. The van der Waals surface area contributed by atoms with E-state index in [0.717, 1.165) is 12.8 Å². The van der Waals surface area contributed by atoms with E-state index in [2.05, 4.69) is 29.2 Å². The van der Waals surface area contributed by atoms with Crippen LogP contribution in [0.25, 0.3) is 0 Å². The minimum absolute atomic E-state index is 0.0418. The lowest BCUT2D eigenvalue weighted by atomic mass is 10.2. The Labute approximate surface area is 102 Å². The zero-order chi connectivity index (χ0) is 12.8. The molecule has 0 aromatic carbocycles. The molecular weight excluding hydrogens is 218 g/mol. The Kier molecular flexibility index (Phi) is 5.09. The van der Waals surface area contributed by atoms with Crippen molar-refractivity contribution in [1.82, 2.24) is 20.1 Å². The molecule has 0 radical (unpaired) electrons. The molecule has 96 valence electrons. The van der Waals surface area contributed by atoms with Gasteiger partial charge in [-0.05, 0) is 19.8 Å². The Bertz CT molecular complexity index is 356. The molecule has 1 aromatic heterocycles. The van der Waals surface area contributed by atoms with Crippen molar-refractivity contribution >= 4 is 5.91 Å². The third-order valence-electron chi connectivity index (χ3n) is 2.62. The summed E-state index contributed by atoms with van der Waals surface area (Å²) in [5.41, 5.74) is 5.64. The van der Waals surface area contributed by atoms with Crippen LogP contribution in [0.15, 0.2) is 6.33 Å². The average Bonchev–Trinajstić information content (AvgIpc) is 2.74. The van der Waals surface area contributed by atoms with Gasteiger partial charge in [0.2, 0.25) is 5.91 Å². The molecule has 1 rings (SSSR count). The van der Waals surface area contributed by atoms with Crippen molar-refractivity contribution < 1.29 is 4.79 Å². The smallest absolute Gasteiger partial charge is 0.242 e. The number of hydrogen-bond acceptors (Lipinski definition) is 4. The van der Waals surface area contributed by atoms with E-state index in [1.54, 1.807) is 0 Å². The molecule has 0 aliphatic heterocycles. The standard InChI is InChI=1S/C11H21N5O/c1-4-9(5-2)14-10(17)6-16-7-13-11(15-16)8(3)12/h7-9H,4-6,12H2,1-3H3,(H,14,17). The quantitative estimate of drug-likeness (QED) is 0.761. The topological polar surface area (TPSA) is 85.8 Å². The summed E-state index contributed by atoms with van der Waals surface area (Å²) in [5.74, 6) is 0.514. The van der Waals surface area contributed by atoms with Crippen molar-refractivity contribution in [2.24, 2.45) is 5.73 Å². The van der Waals surface area contributed by atoms with Crippen molar-refractivity contribution in [2.45, 2.75) is 52.2 Å². The number of nitrogens with zero attached hydrogens (tertiary/aromatic N) is 3. The van der Waals surface area contributed by atoms with Crippen LogP contribution in [0.4, 0.5) is 0 Å². The average molecular weight is 239 g/mol. The van der Waals surface area contributed by atoms with Crippen LogP contribution in [0, 0.1) is 0 Å². The van der Waals surface area contributed by atoms with Gasteiger partial charge in [0.05, 0.1) is 6.04 Å². The van der Waals surface area contributed by atoms with Crippen LogP contribution in [0.5, 0.6) is 0 Å². The highest BCUT2D eigenvalue weighted by Crippen LogP contribution is 2.01. The van der Waals surface area contributed by atoms with E-state index in [1.165, 1.54) is 11.0 Å². The molecule has 6 heteroatoms. The Morgan fingerprint density at radius 2 is 2.18 bits per heavy atom. The van der Waals surface area contributed by atoms with Gasteiger partial charge in [-0.1, -0.05) is 13.8 Å². The molecule has 6 nitrogen and oxygen atoms in total. The van der Waals surface area contributed by atoms with Crippen molar-refractivity contribution in [3.63, 3.8) is 0 Å². The lowest BCUT2D eigenvalue weighted by molar-refractivity contribution is -0.122. The van der Waals surface area contributed by atoms with E-state index >= 15 is 0 Å². The molecule has 0 spiro atoms. The fourth-order valence-corrected chi connectivity index (χ4v) is 1.51. The van der Waals surface area contributed by atoms with Crippen LogP contribution < -0.4 is 11.1 Å². The van der Waals surface area contributed by atoms with Gasteiger partial charge in [-0.2, -0.15) is 5.10 Å². The van der Waals surface area contributed by atoms with Crippen molar-refractivity contribution in [3.8, 4) is 0 Å². The summed E-state index contributed by atoms with van der Waals surface area (Å²) in [7, 11) is 0. The monoisotopic (exact) mass is 239 g/mol. The highest BCUT2D eigenvalue weighted by atomic mass is 16.2. The summed E-state index contributed by atoms with van der Waals surface area (Å²) in [4.78, 5) is 15.7. The normalized spacial score (nSPS) is 12.8. The number of rotatable bonds is 6. The molecule has 0 saturated heterocycles. The number of amides is 1. The molecular formula is C11H21N5O. The van der Waals surface area contributed by atoms with Gasteiger partial charge in [0.1, 0.15) is 12.9 Å². The second-order valence-corrected chi connectivity index (χ2v) is 4.17. The number of hydrogen-bond donors (Lipinski definition) is 2. The molecule has 3 N–H and O–H groups in total. The predicted octanol–water partition coefficient (Wildman–Crippen LogP) is 0.603. The Balaban J connectivity index is 2.50. The molecule has 1 amide bonds. The number of nitrogens with two attached hydrogens (primary N) is 1. The highest BCUT2D eigenvalue weighted by Gasteiger charge is 2.11. The van der Waals surface area contributed by atoms with Gasteiger partial charge in [0.25, 0.3) is 0 Å². The molecule has 1 atom stereocenters. The van der Waals surface area contributed by atoms with Crippen LogP contribution in [-0.4, -0.2) is 26.7 Å². The maximum atomic E-state index is 11.7. The van der Waals surface area contributed by atoms with Gasteiger partial charge in [0, 0.05) is 6.04 Å². The summed E-state index contributed by atoms with van der Waals surface area (Å²) in [5, 5.41) is 7.07. The fraction of sp³-hybridized carbons (Fsp3) is 0.727. The van der Waals surface area contributed by atoms with Gasteiger partial charge >= 0.3 is 0 Å². The van der Waals surface area contributed by atoms with Crippen LogP contribution in [0.3, 0.4) is 0 Å². The molecule has 0 fully saturated rings. The van der Waals surface area contributed by atoms with Gasteiger partial charge in [-0.3, -0.25) is 4.79 Å². The minimum atomic E-state index is -0.210. The van der Waals surface area contributed by atoms with Gasteiger partial charge in [-0.15, -0.1) is 0 Å². The first kappa shape index (κ1) is 13.6. The maximum Gasteiger partial charge on any atom is 0.242 e. The van der Waals surface area contributed by atoms with E-state index < -0.39 is 0 Å². The molecule has 0 saturated carbocycles. The zero-order valence-corrected chi connectivity index (χ0v) is 10.7.